The lowest BCUT2D eigenvalue weighted by molar-refractivity contribution is 0.102. The lowest BCUT2D eigenvalue weighted by Crippen LogP contribution is -2.14. The second-order valence-electron chi connectivity index (χ2n) is 3.51. The molecule has 0 unspecified atom stereocenters. The highest BCUT2D eigenvalue weighted by molar-refractivity contribution is 6.30. The van der Waals surface area contributed by atoms with Crippen molar-refractivity contribution in [3.05, 3.63) is 46.4 Å². The van der Waals surface area contributed by atoms with Crippen LogP contribution < -0.4 is 5.32 Å². The van der Waals surface area contributed by atoms with Crippen LogP contribution in [0.25, 0.3) is 0 Å². The summed E-state index contributed by atoms with van der Waals surface area (Å²) in [7, 11) is 0. The van der Waals surface area contributed by atoms with Gasteiger partial charge < -0.3 is 5.32 Å². The maximum Gasteiger partial charge on any atom is 0.259 e. The molecule has 0 aliphatic carbocycles. The first kappa shape index (κ1) is 11.6. The number of carbonyl (C=O) groups is 1. The minimum atomic E-state index is -0.660. The largest absolute Gasteiger partial charge is 0.307 e. The number of H-pyrrole nitrogens is 1. The number of anilines is 1. The Bertz CT molecular complexity index is 568. The van der Waals surface area contributed by atoms with Crippen LogP contribution in [0, 0.1) is 12.7 Å². The summed E-state index contributed by atoms with van der Waals surface area (Å²) >= 11 is 5.60. The van der Waals surface area contributed by atoms with Crippen LogP contribution in [0.2, 0.25) is 5.02 Å². The molecule has 88 valence electrons. The van der Waals surface area contributed by atoms with Crippen LogP contribution in [0.3, 0.4) is 0 Å². The van der Waals surface area contributed by atoms with Gasteiger partial charge in [-0.3, -0.25) is 9.89 Å². The topological polar surface area (TPSA) is 57.8 Å². The Balaban J connectivity index is 2.23. The number of nitrogens with zero attached hydrogens (tertiary/aromatic N) is 1. The zero-order valence-electron chi connectivity index (χ0n) is 8.92. The van der Waals surface area contributed by atoms with E-state index in [1.54, 1.807) is 13.1 Å². The van der Waals surface area contributed by atoms with E-state index in [0.29, 0.717) is 5.82 Å². The van der Waals surface area contributed by atoms with Crippen molar-refractivity contribution in [2.75, 3.05) is 5.32 Å². The molecule has 2 rings (SSSR count). The standard InChI is InChI=1S/C11H9ClFN3O/c1-6-5-14-16-10(6)15-11(17)8-3-2-7(12)4-9(8)13/h2-5H,1H3,(H2,14,15,16,17). The first-order valence-corrected chi connectivity index (χ1v) is 5.22. The molecule has 1 aromatic carbocycles. The Morgan fingerprint density at radius 3 is 2.88 bits per heavy atom. The number of rotatable bonds is 2. The number of hydrogen-bond acceptors (Lipinski definition) is 2. The van der Waals surface area contributed by atoms with Crippen LogP contribution in [-0.2, 0) is 0 Å². The van der Waals surface area contributed by atoms with E-state index in [2.05, 4.69) is 15.5 Å². The van der Waals surface area contributed by atoms with Crippen molar-refractivity contribution >= 4 is 23.3 Å². The number of hydrogen-bond donors (Lipinski definition) is 2. The third-order valence-corrected chi connectivity index (χ3v) is 2.48. The van der Waals surface area contributed by atoms with Crippen molar-refractivity contribution in [3.8, 4) is 0 Å². The van der Waals surface area contributed by atoms with Crippen molar-refractivity contribution in [2.45, 2.75) is 6.92 Å². The smallest absolute Gasteiger partial charge is 0.259 e. The molecular formula is C11H9ClFN3O. The molecule has 0 radical (unpaired) electrons. The summed E-state index contributed by atoms with van der Waals surface area (Å²) in [5.41, 5.74) is 0.705. The van der Waals surface area contributed by atoms with Gasteiger partial charge in [-0.05, 0) is 25.1 Å². The first-order valence-electron chi connectivity index (χ1n) is 4.84. The summed E-state index contributed by atoms with van der Waals surface area (Å²) in [6.45, 7) is 1.78. The third-order valence-electron chi connectivity index (χ3n) is 2.24. The predicted molar refractivity (Wildman–Crippen MR) is 62.7 cm³/mol. The molecule has 1 aromatic heterocycles. The number of halogens is 2. The molecule has 0 aliphatic rings. The van der Waals surface area contributed by atoms with E-state index < -0.39 is 11.7 Å². The quantitative estimate of drug-likeness (QED) is 0.865. The number of benzene rings is 1. The summed E-state index contributed by atoms with van der Waals surface area (Å²) in [4.78, 5) is 11.8. The molecule has 2 aromatic rings. The summed E-state index contributed by atoms with van der Waals surface area (Å²) in [5, 5.41) is 9.13. The summed E-state index contributed by atoms with van der Waals surface area (Å²) in [6, 6.07) is 3.88. The lowest BCUT2D eigenvalue weighted by Gasteiger charge is -2.05. The molecule has 4 nitrogen and oxygen atoms in total. The average Bonchev–Trinajstić information content (AvgIpc) is 2.64. The van der Waals surface area contributed by atoms with Crippen molar-refractivity contribution in [3.63, 3.8) is 0 Å². The fraction of sp³-hybridized carbons (Fsp3) is 0.0909. The summed E-state index contributed by atoms with van der Waals surface area (Å²) in [5.74, 6) is -0.761. The van der Waals surface area contributed by atoms with Gasteiger partial charge >= 0.3 is 0 Å². The van der Waals surface area contributed by atoms with E-state index in [-0.39, 0.29) is 10.6 Å². The van der Waals surface area contributed by atoms with E-state index in [9.17, 15) is 9.18 Å². The van der Waals surface area contributed by atoms with Gasteiger partial charge in [0.15, 0.2) is 0 Å². The van der Waals surface area contributed by atoms with Crippen LogP contribution in [-0.4, -0.2) is 16.1 Å². The van der Waals surface area contributed by atoms with Crippen molar-refractivity contribution < 1.29 is 9.18 Å². The minimum absolute atomic E-state index is 0.0663. The molecule has 0 bridgehead atoms. The highest BCUT2D eigenvalue weighted by Gasteiger charge is 2.13. The Kier molecular flexibility index (Phi) is 3.10. The minimum Gasteiger partial charge on any atom is -0.307 e. The van der Waals surface area contributed by atoms with Crippen LogP contribution in [0.4, 0.5) is 10.2 Å². The Hall–Kier alpha value is -1.88. The fourth-order valence-corrected chi connectivity index (χ4v) is 1.49. The van der Waals surface area contributed by atoms with E-state index in [4.69, 9.17) is 11.6 Å². The number of aromatic amines is 1. The Labute approximate surface area is 102 Å². The van der Waals surface area contributed by atoms with Crippen molar-refractivity contribution in [1.29, 1.82) is 0 Å². The van der Waals surface area contributed by atoms with Gasteiger partial charge in [0, 0.05) is 10.6 Å². The van der Waals surface area contributed by atoms with Gasteiger partial charge in [-0.25, -0.2) is 4.39 Å². The second kappa shape index (κ2) is 4.55. The number of carbonyl (C=O) groups excluding carboxylic acids is 1. The molecule has 6 heteroatoms. The van der Waals surface area contributed by atoms with Crippen LogP contribution in [0.5, 0.6) is 0 Å². The van der Waals surface area contributed by atoms with E-state index in [1.807, 2.05) is 0 Å². The summed E-state index contributed by atoms with van der Waals surface area (Å²) in [6.07, 6.45) is 1.56. The van der Waals surface area contributed by atoms with Gasteiger partial charge in [0.25, 0.3) is 5.91 Å². The van der Waals surface area contributed by atoms with Gasteiger partial charge in [-0.15, -0.1) is 0 Å². The first-order chi connectivity index (χ1) is 8.08. The molecule has 17 heavy (non-hydrogen) atoms. The SMILES string of the molecule is Cc1cn[nH]c1NC(=O)c1ccc(Cl)cc1F. The molecule has 2 N–H and O–H groups in total. The monoisotopic (exact) mass is 253 g/mol. The van der Waals surface area contributed by atoms with Crippen LogP contribution in [0.15, 0.2) is 24.4 Å². The number of nitrogens with one attached hydrogen (secondary N) is 2. The molecule has 0 saturated heterocycles. The van der Waals surface area contributed by atoms with Crippen LogP contribution in [0.1, 0.15) is 15.9 Å². The number of aryl methyl sites for hydroxylation is 1. The van der Waals surface area contributed by atoms with Gasteiger partial charge in [-0.1, -0.05) is 11.6 Å². The predicted octanol–water partition coefficient (Wildman–Crippen LogP) is 2.76. The molecule has 0 atom stereocenters. The lowest BCUT2D eigenvalue weighted by atomic mass is 10.2. The normalized spacial score (nSPS) is 10.3. The van der Waals surface area contributed by atoms with Gasteiger partial charge in [-0.2, -0.15) is 5.10 Å². The molecule has 0 spiro atoms. The van der Waals surface area contributed by atoms with Gasteiger partial charge in [0.05, 0.1) is 11.8 Å². The fourth-order valence-electron chi connectivity index (χ4n) is 1.33. The van der Waals surface area contributed by atoms with Gasteiger partial charge in [0.2, 0.25) is 0 Å². The van der Waals surface area contributed by atoms with E-state index in [0.717, 1.165) is 11.6 Å². The Morgan fingerprint density at radius 1 is 1.53 bits per heavy atom. The van der Waals surface area contributed by atoms with Gasteiger partial charge in [0.1, 0.15) is 11.6 Å². The average molecular weight is 254 g/mol. The molecule has 1 amide bonds. The highest BCUT2D eigenvalue weighted by Crippen LogP contribution is 2.16. The Morgan fingerprint density at radius 2 is 2.29 bits per heavy atom. The number of amides is 1. The van der Waals surface area contributed by atoms with Crippen molar-refractivity contribution in [1.82, 2.24) is 10.2 Å². The maximum atomic E-state index is 13.5. The third kappa shape index (κ3) is 2.45. The zero-order valence-corrected chi connectivity index (χ0v) is 9.68. The molecular weight excluding hydrogens is 245 g/mol. The molecule has 1 heterocycles. The van der Waals surface area contributed by atoms with Crippen molar-refractivity contribution in [2.24, 2.45) is 0 Å². The van der Waals surface area contributed by atoms with E-state index in [1.165, 1.54) is 12.1 Å². The number of aromatic nitrogens is 2. The van der Waals surface area contributed by atoms with Crippen LogP contribution >= 0.6 is 11.6 Å². The molecule has 0 saturated carbocycles. The summed E-state index contributed by atoms with van der Waals surface area (Å²) < 4.78 is 13.5. The molecule has 0 aliphatic heterocycles. The second-order valence-corrected chi connectivity index (χ2v) is 3.94. The molecule has 0 fully saturated rings. The highest BCUT2D eigenvalue weighted by atomic mass is 35.5. The zero-order chi connectivity index (χ0) is 12.4. The van der Waals surface area contributed by atoms with E-state index >= 15 is 0 Å². The maximum absolute atomic E-state index is 13.5.